The molecule has 0 saturated carbocycles. The van der Waals surface area contributed by atoms with Gasteiger partial charge in [0.1, 0.15) is 5.78 Å². The molecule has 0 aromatic heterocycles. The molecule has 0 aliphatic heterocycles. The van der Waals surface area contributed by atoms with Crippen molar-refractivity contribution in [3.63, 3.8) is 0 Å². The Morgan fingerprint density at radius 3 is 2.70 bits per heavy atom. The van der Waals surface area contributed by atoms with Crippen molar-refractivity contribution in [2.45, 2.75) is 39.0 Å². The number of allylic oxidation sites excluding steroid dienone is 5. The number of Topliss-reactive ketones (excluding diaryl/α,β-unsaturated/α-hetero) is 1. The molecule has 0 unspecified atom stereocenters. The summed E-state index contributed by atoms with van der Waals surface area (Å²) in [5, 5.41) is 8.49. The largest absolute Gasteiger partial charge is 0.392 e. The van der Waals surface area contributed by atoms with Gasteiger partial charge >= 0.3 is 0 Å². The van der Waals surface area contributed by atoms with E-state index in [0.29, 0.717) is 25.0 Å². The van der Waals surface area contributed by atoms with E-state index in [1.807, 2.05) is 25.2 Å². The minimum absolute atomic E-state index is 0.0481. The molecule has 0 aromatic rings. The topological polar surface area (TPSA) is 37.3 Å². The summed E-state index contributed by atoms with van der Waals surface area (Å²) in [6, 6.07) is 0. The Labute approximate surface area is 122 Å². The Morgan fingerprint density at radius 2 is 1.95 bits per heavy atom. The molecular formula is C18H22O2. The molecule has 1 N–H and O–H groups in total. The molecule has 2 nitrogen and oxygen atoms in total. The fraction of sp³-hybridized carbons (Fsp3) is 0.389. The molecule has 0 amide bonds. The molecule has 0 spiro atoms. The van der Waals surface area contributed by atoms with Crippen molar-refractivity contribution in [2.24, 2.45) is 0 Å². The molecule has 0 aromatic carbocycles. The van der Waals surface area contributed by atoms with Crippen LogP contribution in [0, 0.1) is 23.7 Å². The highest BCUT2D eigenvalue weighted by molar-refractivity contribution is 5.78. The fourth-order valence-electron chi connectivity index (χ4n) is 1.32. The molecule has 106 valence electrons. The van der Waals surface area contributed by atoms with Crippen molar-refractivity contribution in [1.29, 1.82) is 0 Å². The van der Waals surface area contributed by atoms with Crippen molar-refractivity contribution in [3.8, 4) is 23.7 Å². The second kappa shape index (κ2) is 15.0. The molecule has 0 rings (SSSR count). The Balaban J connectivity index is 3.75. The first kappa shape index (κ1) is 18.0. The van der Waals surface area contributed by atoms with Gasteiger partial charge in [0.05, 0.1) is 6.61 Å². The van der Waals surface area contributed by atoms with Gasteiger partial charge in [0, 0.05) is 19.3 Å². The minimum atomic E-state index is 0.0481. The van der Waals surface area contributed by atoms with Gasteiger partial charge in [-0.15, -0.1) is 0 Å². The molecule has 0 atom stereocenters. The third kappa shape index (κ3) is 14.0. The smallest absolute Gasteiger partial charge is 0.133 e. The van der Waals surface area contributed by atoms with Crippen LogP contribution >= 0.6 is 0 Å². The molecule has 2 heteroatoms. The van der Waals surface area contributed by atoms with E-state index in [1.165, 1.54) is 0 Å². The lowest BCUT2D eigenvalue weighted by molar-refractivity contribution is -0.119. The molecule has 0 fully saturated rings. The number of aliphatic hydroxyl groups is 1. The van der Waals surface area contributed by atoms with Crippen LogP contribution in [0.25, 0.3) is 0 Å². The van der Waals surface area contributed by atoms with Gasteiger partial charge in [-0.25, -0.2) is 0 Å². The first-order valence-electron chi connectivity index (χ1n) is 6.88. The summed E-state index contributed by atoms with van der Waals surface area (Å²) < 4.78 is 0. The van der Waals surface area contributed by atoms with Crippen molar-refractivity contribution < 1.29 is 9.90 Å². The van der Waals surface area contributed by atoms with Crippen LogP contribution in [-0.2, 0) is 4.79 Å². The van der Waals surface area contributed by atoms with E-state index in [4.69, 9.17) is 5.11 Å². The Hall–Kier alpha value is -2.03. The molecule has 0 bridgehead atoms. The van der Waals surface area contributed by atoms with Crippen molar-refractivity contribution in [1.82, 2.24) is 0 Å². The summed E-state index contributed by atoms with van der Waals surface area (Å²) in [4.78, 5) is 11.2. The highest BCUT2D eigenvalue weighted by Crippen LogP contribution is 1.98. The second-order valence-electron chi connectivity index (χ2n) is 4.04. The third-order valence-corrected chi connectivity index (χ3v) is 2.26. The maximum Gasteiger partial charge on any atom is 0.133 e. The quantitative estimate of drug-likeness (QED) is 0.418. The van der Waals surface area contributed by atoms with E-state index in [0.717, 1.165) is 12.8 Å². The van der Waals surface area contributed by atoms with Gasteiger partial charge < -0.3 is 5.11 Å². The molecule has 0 heterocycles. The van der Waals surface area contributed by atoms with E-state index in [-0.39, 0.29) is 6.61 Å². The van der Waals surface area contributed by atoms with Gasteiger partial charge in [0.25, 0.3) is 0 Å². The van der Waals surface area contributed by atoms with Crippen molar-refractivity contribution in [2.75, 3.05) is 6.61 Å². The van der Waals surface area contributed by atoms with Crippen molar-refractivity contribution >= 4 is 5.78 Å². The Morgan fingerprint density at radius 1 is 1.10 bits per heavy atom. The normalized spacial score (nSPS) is 10.5. The maximum absolute atomic E-state index is 11.2. The number of rotatable bonds is 8. The second-order valence-corrected chi connectivity index (χ2v) is 4.04. The van der Waals surface area contributed by atoms with Gasteiger partial charge in [-0.1, -0.05) is 49.1 Å². The van der Waals surface area contributed by atoms with Crippen LogP contribution in [0.4, 0.5) is 0 Å². The summed E-state index contributed by atoms with van der Waals surface area (Å²) in [7, 11) is 0. The summed E-state index contributed by atoms with van der Waals surface area (Å²) >= 11 is 0. The number of ketones is 1. The van der Waals surface area contributed by atoms with Crippen LogP contribution in [0.3, 0.4) is 0 Å². The van der Waals surface area contributed by atoms with Crippen LogP contribution in [-0.4, -0.2) is 17.5 Å². The van der Waals surface area contributed by atoms with E-state index in [9.17, 15) is 4.79 Å². The van der Waals surface area contributed by atoms with Crippen LogP contribution < -0.4 is 0 Å². The van der Waals surface area contributed by atoms with Gasteiger partial charge in [0.2, 0.25) is 0 Å². The zero-order chi connectivity index (χ0) is 14.9. The number of aliphatic hydroxyl groups excluding tert-OH is 1. The van der Waals surface area contributed by atoms with Gasteiger partial charge in [-0.2, -0.15) is 0 Å². The summed E-state index contributed by atoms with van der Waals surface area (Å²) in [6.07, 6.45) is 14.5. The van der Waals surface area contributed by atoms with Crippen LogP contribution in [0.15, 0.2) is 36.5 Å². The van der Waals surface area contributed by atoms with Crippen molar-refractivity contribution in [3.05, 3.63) is 36.5 Å². The third-order valence-electron chi connectivity index (χ3n) is 2.26. The standard InChI is InChI=1S/C18H22O2/c1-2-15-18(20)16-13-11-9-7-5-3-4-6-8-10-12-14-17-19/h5,7,9,11-12,14,19H,2,10,13,15-17H2,1H3/b7-5+,11-9+,14-12-. The molecular weight excluding hydrogens is 248 g/mol. The Bertz CT molecular complexity index is 459. The first-order chi connectivity index (χ1) is 9.81. The van der Waals surface area contributed by atoms with E-state index >= 15 is 0 Å². The van der Waals surface area contributed by atoms with E-state index in [2.05, 4.69) is 23.7 Å². The van der Waals surface area contributed by atoms with Gasteiger partial charge in [0.15, 0.2) is 0 Å². The van der Waals surface area contributed by atoms with Crippen LogP contribution in [0.1, 0.15) is 39.0 Å². The van der Waals surface area contributed by atoms with E-state index in [1.54, 1.807) is 18.2 Å². The summed E-state index contributed by atoms with van der Waals surface area (Å²) in [5.74, 6) is 11.4. The van der Waals surface area contributed by atoms with Crippen LogP contribution in [0.5, 0.6) is 0 Å². The highest BCUT2D eigenvalue weighted by Gasteiger charge is 1.96. The van der Waals surface area contributed by atoms with Gasteiger partial charge in [-0.3, -0.25) is 4.79 Å². The number of carbonyl (C=O) groups is 1. The van der Waals surface area contributed by atoms with Gasteiger partial charge in [-0.05, 0) is 30.8 Å². The highest BCUT2D eigenvalue weighted by atomic mass is 16.2. The lowest BCUT2D eigenvalue weighted by Crippen LogP contribution is -1.94. The number of hydrogen-bond acceptors (Lipinski definition) is 2. The predicted octanol–water partition coefficient (Wildman–Crippen LogP) is 3.19. The predicted molar refractivity (Wildman–Crippen MR) is 83.8 cm³/mol. The summed E-state index contributed by atoms with van der Waals surface area (Å²) in [6.45, 7) is 2.06. The zero-order valence-corrected chi connectivity index (χ0v) is 12.1. The zero-order valence-electron chi connectivity index (χ0n) is 12.1. The SMILES string of the molecule is CCCC(=O)CC/C=C/C=C/C#CC#CC/C=C\CO. The molecule has 0 saturated heterocycles. The molecule has 0 aliphatic carbocycles. The molecule has 0 aliphatic rings. The number of hydrogen-bond donors (Lipinski definition) is 1. The molecule has 0 radical (unpaired) electrons. The summed E-state index contributed by atoms with van der Waals surface area (Å²) in [5.41, 5.74) is 0. The monoisotopic (exact) mass is 270 g/mol. The molecule has 20 heavy (non-hydrogen) atoms. The fourth-order valence-corrected chi connectivity index (χ4v) is 1.32. The first-order valence-corrected chi connectivity index (χ1v) is 6.88. The maximum atomic E-state index is 11.2. The average molecular weight is 270 g/mol. The lowest BCUT2D eigenvalue weighted by Gasteiger charge is -1.93. The Kier molecular flexibility index (Phi) is 13.5. The minimum Gasteiger partial charge on any atom is -0.392 e. The number of carbonyl (C=O) groups excluding carboxylic acids is 1. The average Bonchev–Trinajstić information content (AvgIpc) is 2.44. The lowest BCUT2D eigenvalue weighted by atomic mass is 10.1. The van der Waals surface area contributed by atoms with Crippen LogP contribution in [0.2, 0.25) is 0 Å². The van der Waals surface area contributed by atoms with E-state index < -0.39 is 0 Å².